The summed E-state index contributed by atoms with van der Waals surface area (Å²) >= 11 is 0. The van der Waals surface area contributed by atoms with Crippen LogP contribution in [0, 0.1) is 23.7 Å². The number of pyridine rings is 1. The SMILES string of the molecule is C#CC(C)(C)Oc1nc2c(cc1C#N)CCCC2. The third-order valence-corrected chi connectivity index (χ3v) is 3.09. The summed E-state index contributed by atoms with van der Waals surface area (Å²) in [5.41, 5.74) is 1.94. The molecule has 0 saturated heterocycles. The maximum Gasteiger partial charge on any atom is 0.233 e. The van der Waals surface area contributed by atoms with E-state index in [0.717, 1.165) is 31.4 Å². The molecule has 0 saturated carbocycles. The highest BCUT2D eigenvalue weighted by molar-refractivity contribution is 5.44. The number of hydrogen-bond acceptors (Lipinski definition) is 3. The van der Waals surface area contributed by atoms with E-state index in [1.165, 1.54) is 5.56 Å². The molecule has 1 aromatic rings. The van der Waals surface area contributed by atoms with E-state index in [9.17, 15) is 0 Å². The van der Waals surface area contributed by atoms with Gasteiger partial charge in [0.2, 0.25) is 5.88 Å². The molecule has 2 rings (SSSR count). The fraction of sp³-hybridized carbons (Fsp3) is 0.467. The number of fused-ring (bicyclic) bond motifs is 1. The van der Waals surface area contributed by atoms with Gasteiger partial charge in [-0.2, -0.15) is 5.26 Å². The van der Waals surface area contributed by atoms with E-state index in [0.29, 0.717) is 11.4 Å². The topological polar surface area (TPSA) is 45.9 Å². The van der Waals surface area contributed by atoms with Crippen molar-refractivity contribution in [3.63, 3.8) is 0 Å². The van der Waals surface area contributed by atoms with Gasteiger partial charge in [0.05, 0.1) is 0 Å². The van der Waals surface area contributed by atoms with Gasteiger partial charge in [-0.05, 0) is 51.2 Å². The second kappa shape index (κ2) is 4.70. The Hall–Kier alpha value is -2.00. The van der Waals surface area contributed by atoms with Crippen molar-refractivity contribution in [2.45, 2.75) is 45.1 Å². The van der Waals surface area contributed by atoms with Crippen LogP contribution in [-0.4, -0.2) is 10.6 Å². The van der Waals surface area contributed by atoms with Crippen LogP contribution in [0.5, 0.6) is 5.88 Å². The van der Waals surface area contributed by atoms with Crippen LogP contribution in [0.15, 0.2) is 6.07 Å². The maximum atomic E-state index is 9.17. The number of ether oxygens (including phenoxy) is 1. The average molecular weight is 240 g/mol. The predicted molar refractivity (Wildman–Crippen MR) is 69.1 cm³/mol. The number of aryl methyl sites for hydroxylation is 2. The quantitative estimate of drug-likeness (QED) is 0.746. The van der Waals surface area contributed by atoms with Crippen molar-refractivity contribution in [3.05, 3.63) is 22.9 Å². The van der Waals surface area contributed by atoms with Crippen molar-refractivity contribution >= 4 is 0 Å². The maximum absolute atomic E-state index is 9.17. The third kappa shape index (κ3) is 2.46. The molecule has 18 heavy (non-hydrogen) atoms. The number of hydrogen-bond donors (Lipinski definition) is 0. The highest BCUT2D eigenvalue weighted by atomic mass is 16.5. The molecule has 1 aliphatic rings. The molecule has 3 heteroatoms. The molecule has 3 nitrogen and oxygen atoms in total. The lowest BCUT2D eigenvalue weighted by Gasteiger charge is -2.22. The van der Waals surface area contributed by atoms with Crippen LogP contribution in [0.2, 0.25) is 0 Å². The summed E-state index contributed by atoms with van der Waals surface area (Å²) in [6, 6.07) is 4.03. The van der Waals surface area contributed by atoms with Gasteiger partial charge >= 0.3 is 0 Å². The van der Waals surface area contributed by atoms with Gasteiger partial charge in [-0.25, -0.2) is 4.98 Å². The Balaban J connectivity index is 2.41. The number of terminal acetylenes is 1. The minimum absolute atomic E-state index is 0.362. The summed E-state index contributed by atoms with van der Waals surface area (Å²) in [5.74, 6) is 2.91. The number of aromatic nitrogens is 1. The van der Waals surface area contributed by atoms with Crippen LogP contribution < -0.4 is 4.74 Å². The Kier molecular flexibility index (Phi) is 3.26. The summed E-state index contributed by atoms with van der Waals surface area (Å²) in [6.45, 7) is 3.57. The standard InChI is InChI=1S/C15H16N2O/c1-4-15(2,3)18-14-12(10-16)9-11-7-5-6-8-13(11)17-14/h1,9H,5-8H2,2-3H3. The minimum Gasteiger partial charge on any atom is -0.457 e. The van der Waals surface area contributed by atoms with Crippen molar-refractivity contribution < 1.29 is 4.74 Å². The van der Waals surface area contributed by atoms with E-state index >= 15 is 0 Å². The van der Waals surface area contributed by atoms with Gasteiger partial charge in [-0.3, -0.25) is 0 Å². The summed E-state index contributed by atoms with van der Waals surface area (Å²) in [5, 5.41) is 9.17. The molecule has 0 atom stereocenters. The molecule has 0 aliphatic heterocycles. The highest BCUT2D eigenvalue weighted by Gasteiger charge is 2.21. The van der Waals surface area contributed by atoms with E-state index in [1.807, 2.05) is 6.07 Å². The first-order chi connectivity index (χ1) is 8.55. The van der Waals surface area contributed by atoms with Gasteiger partial charge in [0.15, 0.2) is 5.60 Å². The molecule has 1 heterocycles. The molecule has 0 aromatic carbocycles. The van der Waals surface area contributed by atoms with Crippen molar-refractivity contribution in [1.82, 2.24) is 4.98 Å². The molecule has 1 aliphatic carbocycles. The van der Waals surface area contributed by atoms with Crippen LogP contribution in [0.25, 0.3) is 0 Å². The Bertz CT molecular complexity index is 547. The lowest BCUT2D eigenvalue weighted by molar-refractivity contribution is 0.163. The first-order valence-corrected chi connectivity index (χ1v) is 6.15. The van der Waals surface area contributed by atoms with Crippen molar-refractivity contribution in [1.29, 1.82) is 5.26 Å². The zero-order chi connectivity index (χ0) is 13.2. The Morgan fingerprint density at radius 1 is 1.39 bits per heavy atom. The van der Waals surface area contributed by atoms with E-state index < -0.39 is 5.60 Å². The largest absolute Gasteiger partial charge is 0.457 e. The van der Waals surface area contributed by atoms with Crippen LogP contribution in [0.1, 0.15) is 43.5 Å². The zero-order valence-electron chi connectivity index (χ0n) is 10.8. The van der Waals surface area contributed by atoms with Crippen molar-refractivity contribution in [2.24, 2.45) is 0 Å². The van der Waals surface area contributed by atoms with E-state index in [2.05, 4.69) is 17.0 Å². The molecular weight excluding hydrogens is 224 g/mol. The van der Waals surface area contributed by atoms with Crippen molar-refractivity contribution in [3.8, 4) is 24.3 Å². The molecular formula is C15H16N2O. The molecule has 0 unspecified atom stereocenters. The molecule has 0 spiro atoms. The monoisotopic (exact) mass is 240 g/mol. The number of nitrogens with zero attached hydrogens (tertiary/aromatic N) is 2. The van der Waals surface area contributed by atoms with Gasteiger partial charge in [0.25, 0.3) is 0 Å². The Labute approximate surface area is 108 Å². The zero-order valence-corrected chi connectivity index (χ0v) is 10.8. The fourth-order valence-electron chi connectivity index (χ4n) is 2.04. The lowest BCUT2D eigenvalue weighted by atomic mass is 9.95. The van der Waals surface area contributed by atoms with Crippen molar-refractivity contribution in [2.75, 3.05) is 0 Å². The van der Waals surface area contributed by atoms with Gasteiger partial charge in [0.1, 0.15) is 11.6 Å². The first kappa shape index (κ1) is 12.5. The van der Waals surface area contributed by atoms with E-state index in [-0.39, 0.29) is 0 Å². The molecule has 92 valence electrons. The third-order valence-electron chi connectivity index (χ3n) is 3.09. The summed E-state index contributed by atoms with van der Waals surface area (Å²) < 4.78 is 5.67. The molecule has 0 fully saturated rings. The Morgan fingerprint density at radius 2 is 2.11 bits per heavy atom. The molecule has 1 aromatic heterocycles. The molecule has 0 radical (unpaired) electrons. The normalized spacial score (nSPS) is 14.2. The smallest absolute Gasteiger partial charge is 0.233 e. The van der Waals surface area contributed by atoms with Crippen LogP contribution in [0.4, 0.5) is 0 Å². The van der Waals surface area contributed by atoms with Gasteiger partial charge in [-0.15, -0.1) is 6.42 Å². The predicted octanol–water partition coefficient (Wildman–Crippen LogP) is 2.62. The second-order valence-corrected chi connectivity index (χ2v) is 5.02. The second-order valence-electron chi connectivity index (χ2n) is 5.02. The molecule has 0 bridgehead atoms. The number of nitriles is 1. The summed E-state index contributed by atoms with van der Waals surface area (Å²) in [4.78, 5) is 4.48. The fourth-order valence-corrected chi connectivity index (χ4v) is 2.04. The van der Waals surface area contributed by atoms with Crippen LogP contribution in [-0.2, 0) is 12.8 Å². The molecule has 0 N–H and O–H groups in total. The van der Waals surface area contributed by atoms with E-state index in [1.54, 1.807) is 13.8 Å². The van der Waals surface area contributed by atoms with Crippen LogP contribution >= 0.6 is 0 Å². The first-order valence-electron chi connectivity index (χ1n) is 6.15. The van der Waals surface area contributed by atoms with Crippen LogP contribution in [0.3, 0.4) is 0 Å². The number of rotatable bonds is 2. The van der Waals surface area contributed by atoms with Gasteiger partial charge < -0.3 is 4.74 Å². The minimum atomic E-state index is -0.749. The van der Waals surface area contributed by atoms with Gasteiger partial charge in [-0.1, -0.05) is 5.92 Å². The highest BCUT2D eigenvalue weighted by Crippen LogP contribution is 2.27. The van der Waals surface area contributed by atoms with E-state index in [4.69, 9.17) is 16.4 Å². The Morgan fingerprint density at radius 3 is 2.78 bits per heavy atom. The molecule has 0 amide bonds. The van der Waals surface area contributed by atoms with Gasteiger partial charge in [0, 0.05) is 5.69 Å². The summed E-state index contributed by atoms with van der Waals surface area (Å²) in [7, 11) is 0. The average Bonchev–Trinajstić information content (AvgIpc) is 2.37. The summed E-state index contributed by atoms with van der Waals surface area (Å²) in [6.07, 6.45) is 9.65. The lowest BCUT2D eigenvalue weighted by Crippen LogP contribution is -2.27.